The summed E-state index contributed by atoms with van der Waals surface area (Å²) < 4.78 is 6.60. The van der Waals surface area contributed by atoms with Gasteiger partial charge in [0.15, 0.2) is 0 Å². The second-order valence-corrected chi connectivity index (χ2v) is 11.2. The summed E-state index contributed by atoms with van der Waals surface area (Å²) >= 11 is 0. The lowest BCUT2D eigenvalue weighted by molar-refractivity contribution is 0.0649. The van der Waals surface area contributed by atoms with Crippen molar-refractivity contribution in [3.05, 3.63) is 100 Å². The lowest BCUT2D eigenvalue weighted by atomic mass is 9.83. The fourth-order valence-corrected chi connectivity index (χ4v) is 6.55. The van der Waals surface area contributed by atoms with Gasteiger partial charge >= 0.3 is 0 Å². The van der Waals surface area contributed by atoms with Gasteiger partial charge in [-0.1, -0.05) is 54.6 Å². The number of rotatable bonds is 9. The number of carbonyl (C=O) groups excluding carboxylic acids is 2. The predicted octanol–water partition coefficient (Wildman–Crippen LogP) is 6.40. The number of piperidine rings is 1. The molecule has 1 fully saturated rings. The van der Waals surface area contributed by atoms with Crippen LogP contribution in [0.15, 0.2) is 66.7 Å². The zero-order valence-electron chi connectivity index (χ0n) is 22.7. The first-order valence-electron chi connectivity index (χ1n) is 14.7. The quantitative estimate of drug-likeness (QED) is 0.241. The maximum absolute atomic E-state index is 12.6. The molecule has 2 amide bonds. The number of hydrogen-bond acceptors (Lipinski definition) is 4. The maximum Gasteiger partial charge on any atom is 0.261 e. The Balaban J connectivity index is 1.03. The minimum Gasteiger partial charge on any atom is -0.488 e. The van der Waals surface area contributed by atoms with Gasteiger partial charge in [0.25, 0.3) is 11.8 Å². The molecule has 0 saturated carbocycles. The molecule has 0 unspecified atom stereocenters. The molecule has 1 saturated heterocycles. The van der Waals surface area contributed by atoms with Gasteiger partial charge in [-0.15, -0.1) is 0 Å². The van der Waals surface area contributed by atoms with Crippen LogP contribution >= 0.6 is 0 Å². The SMILES string of the molecule is O=C1c2ccccc2C(=O)N1CCCCN1CCC(c2ccc3c(c2OCc2ccccc2)CCCC3)CC1. The molecule has 2 heterocycles. The largest absolute Gasteiger partial charge is 0.488 e. The van der Waals surface area contributed by atoms with Gasteiger partial charge in [0.2, 0.25) is 0 Å². The Bertz CT molecular complexity index is 1290. The van der Waals surface area contributed by atoms with Crippen LogP contribution in [0.4, 0.5) is 0 Å². The third kappa shape index (κ3) is 5.51. The lowest BCUT2D eigenvalue weighted by Gasteiger charge is -2.34. The molecule has 3 aromatic rings. The Hall–Kier alpha value is -3.44. The molecule has 2 aliphatic heterocycles. The maximum atomic E-state index is 12.6. The number of fused-ring (bicyclic) bond motifs is 2. The van der Waals surface area contributed by atoms with Crippen molar-refractivity contribution in [3.63, 3.8) is 0 Å². The van der Waals surface area contributed by atoms with Crippen LogP contribution in [0.2, 0.25) is 0 Å². The highest BCUT2D eigenvalue weighted by atomic mass is 16.5. The van der Waals surface area contributed by atoms with Gasteiger partial charge in [-0.3, -0.25) is 14.5 Å². The average molecular weight is 523 g/mol. The van der Waals surface area contributed by atoms with E-state index in [1.54, 1.807) is 12.1 Å². The number of amides is 2. The Morgan fingerprint density at radius 3 is 2.15 bits per heavy atom. The molecule has 0 atom stereocenters. The molecule has 0 spiro atoms. The van der Waals surface area contributed by atoms with Crippen LogP contribution in [-0.4, -0.2) is 47.8 Å². The molecule has 0 N–H and O–H groups in total. The van der Waals surface area contributed by atoms with Gasteiger partial charge in [-0.25, -0.2) is 0 Å². The smallest absolute Gasteiger partial charge is 0.261 e. The highest BCUT2D eigenvalue weighted by molar-refractivity contribution is 6.21. The first kappa shape index (κ1) is 25.8. The van der Waals surface area contributed by atoms with E-state index in [4.69, 9.17) is 4.74 Å². The Morgan fingerprint density at radius 1 is 0.744 bits per heavy atom. The summed E-state index contributed by atoms with van der Waals surface area (Å²) in [5.41, 5.74) is 6.62. The molecule has 39 heavy (non-hydrogen) atoms. The number of benzene rings is 3. The van der Waals surface area contributed by atoms with Crippen LogP contribution in [0.3, 0.4) is 0 Å². The van der Waals surface area contributed by atoms with Gasteiger partial charge in [-0.05, 0) is 111 Å². The molecular weight excluding hydrogens is 484 g/mol. The Morgan fingerprint density at radius 2 is 1.41 bits per heavy atom. The van der Waals surface area contributed by atoms with Crippen LogP contribution in [0, 0.1) is 0 Å². The molecule has 5 heteroatoms. The molecule has 0 bridgehead atoms. The topological polar surface area (TPSA) is 49.9 Å². The standard InChI is InChI=1S/C34H38N2O3/c37-33-30-14-6-7-15-31(30)34(38)36(33)21-9-8-20-35-22-18-27(19-23-35)29-17-16-26-12-4-5-13-28(26)32(29)39-24-25-10-2-1-3-11-25/h1-3,6-7,10-11,14-17,27H,4-5,8-9,12-13,18-24H2. The van der Waals surface area contributed by atoms with E-state index in [9.17, 15) is 9.59 Å². The lowest BCUT2D eigenvalue weighted by Crippen LogP contribution is -2.35. The summed E-state index contributed by atoms with van der Waals surface area (Å²) in [6.07, 6.45) is 8.91. The summed E-state index contributed by atoms with van der Waals surface area (Å²) in [7, 11) is 0. The minimum absolute atomic E-state index is 0.147. The van der Waals surface area contributed by atoms with Crippen LogP contribution in [0.1, 0.15) is 87.4 Å². The van der Waals surface area contributed by atoms with Crippen LogP contribution in [-0.2, 0) is 19.4 Å². The minimum atomic E-state index is -0.147. The summed E-state index contributed by atoms with van der Waals surface area (Å²) in [4.78, 5) is 29.2. The van der Waals surface area contributed by atoms with Crippen LogP contribution in [0.25, 0.3) is 0 Å². The van der Waals surface area contributed by atoms with Crippen molar-refractivity contribution in [2.24, 2.45) is 0 Å². The molecule has 3 aromatic carbocycles. The van der Waals surface area contributed by atoms with Gasteiger partial charge in [0, 0.05) is 6.54 Å². The zero-order chi connectivity index (χ0) is 26.6. The summed E-state index contributed by atoms with van der Waals surface area (Å²) in [6, 6.07) is 22.4. The number of hydrogen-bond donors (Lipinski definition) is 0. The second-order valence-electron chi connectivity index (χ2n) is 11.2. The molecule has 3 aliphatic rings. The summed E-state index contributed by atoms with van der Waals surface area (Å²) in [5.74, 6) is 1.39. The number of nitrogens with zero attached hydrogens (tertiary/aromatic N) is 2. The van der Waals surface area contributed by atoms with E-state index >= 15 is 0 Å². The van der Waals surface area contributed by atoms with Crippen LogP contribution < -0.4 is 4.74 Å². The van der Waals surface area contributed by atoms with E-state index in [0.717, 1.165) is 63.9 Å². The van der Waals surface area contributed by atoms with E-state index in [1.807, 2.05) is 12.1 Å². The Kier molecular flexibility index (Phi) is 7.78. The fraction of sp³-hybridized carbons (Fsp3) is 0.412. The van der Waals surface area contributed by atoms with Gasteiger partial charge < -0.3 is 9.64 Å². The molecule has 6 rings (SSSR count). The number of carbonyl (C=O) groups is 2. The van der Waals surface area contributed by atoms with Crippen molar-refractivity contribution in [2.45, 2.75) is 63.9 Å². The summed E-state index contributed by atoms with van der Waals surface area (Å²) in [5, 5.41) is 0. The summed E-state index contributed by atoms with van der Waals surface area (Å²) in [6.45, 7) is 4.29. The number of likely N-dealkylation sites (tertiary alicyclic amines) is 1. The number of imide groups is 1. The molecule has 202 valence electrons. The number of unbranched alkanes of at least 4 members (excludes halogenated alkanes) is 1. The second kappa shape index (κ2) is 11.7. The number of ether oxygens (including phenoxy) is 1. The molecule has 1 aliphatic carbocycles. The van der Waals surface area contributed by atoms with E-state index in [1.165, 1.54) is 40.0 Å². The van der Waals surface area contributed by atoms with Crippen LogP contribution in [0.5, 0.6) is 5.75 Å². The third-order valence-corrected chi connectivity index (χ3v) is 8.75. The van der Waals surface area contributed by atoms with Crippen molar-refractivity contribution in [2.75, 3.05) is 26.2 Å². The van der Waals surface area contributed by atoms with E-state index in [2.05, 4.69) is 47.4 Å². The Labute approximate surface area is 231 Å². The van der Waals surface area contributed by atoms with Crippen molar-refractivity contribution in [1.82, 2.24) is 9.80 Å². The molecule has 0 radical (unpaired) electrons. The highest BCUT2D eigenvalue weighted by Gasteiger charge is 2.34. The van der Waals surface area contributed by atoms with Crippen molar-refractivity contribution in [1.29, 1.82) is 0 Å². The van der Waals surface area contributed by atoms with Crippen molar-refractivity contribution >= 4 is 11.8 Å². The van der Waals surface area contributed by atoms with E-state index < -0.39 is 0 Å². The molecular formula is C34H38N2O3. The average Bonchev–Trinajstić information content (AvgIpc) is 3.23. The first-order chi connectivity index (χ1) is 19.2. The first-order valence-corrected chi connectivity index (χ1v) is 14.7. The monoisotopic (exact) mass is 522 g/mol. The normalized spacial score (nSPS) is 17.8. The third-order valence-electron chi connectivity index (χ3n) is 8.75. The zero-order valence-corrected chi connectivity index (χ0v) is 22.7. The van der Waals surface area contributed by atoms with Crippen molar-refractivity contribution in [3.8, 4) is 5.75 Å². The fourth-order valence-electron chi connectivity index (χ4n) is 6.55. The number of aryl methyl sites for hydroxylation is 1. The highest BCUT2D eigenvalue weighted by Crippen LogP contribution is 2.40. The van der Waals surface area contributed by atoms with Gasteiger partial charge in [-0.2, -0.15) is 0 Å². The van der Waals surface area contributed by atoms with E-state index in [0.29, 0.717) is 30.2 Å². The van der Waals surface area contributed by atoms with E-state index in [-0.39, 0.29) is 11.8 Å². The molecule has 0 aromatic heterocycles. The molecule has 5 nitrogen and oxygen atoms in total. The predicted molar refractivity (Wildman–Crippen MR) is 153 cm³/mol. The van der Waals surface area contributed by atoms with Gasteiger partial charge in [0.05, 0.1) is 11.1 Å². The van der Waals surface area contributed by atoms with Gasteiger partial charge in [0.1, 0.15) is 12.4 Å². The van der Waals surface area contributed by atoms with Crippen molar-refractivity contribution < 1.29 is 14.3 Å².